The number of aliphatic hydroxyl groups is 1. The van der Waals surface area contributed by atoms with Crippen molar-refractivity contribution in [2.45, 2.75) is 20.3 Å². The topological polar surface area (TPSA) is 86.6 Å². The van der Waals surface area contributed by atoms with Crippen molar-refractivity contribution in [2.75, 3.05) is 13.2 Å². The number of amides is 1. The maximum absolute atomic E-state index is 12.2. The first-order valence-electron chi connectivity index (χ1n) is 6.65. The molecule has 1 saturated carbocycles. The molecular formula is C14H21NO4. The van der Waals surface area contributed by atoms with E-state index < -0.39 is 17.8 Å². The van der Waals surface area contributed by atoms with Crippen LogP contribution in [-0.2, 0) is 9.59 Å². The fraction of sp³-hybridized carbons (Fsp3) is 0.714. The predicted octanol–water partition coefficient (Wildman–Crippen LogP) is 0.644. The summed E-state index contributed by atoms with van der Waals surface area (Å²) in [5, 5.41) is 21.2. The number of hydrogen-bond acceptors (Lipinski definition) is 3. The van der Waals surface area contributed by atoms with Crippen LogP contribution in [0.4, 0.5) is 0 Å². The summed E-state index contributed by atoms with van der Waals surface area (Å²) in [6, 6.07) is 0. The van der Waals surface area contributed by atoms with E-state index in [0.29, 0.717) is 6.54 Å². The number of carboxylic acids is 1. The van der Waals surface area contributed by atoms with Gasteiger partial charge in [0.05, 0.1) is 11.8 Å². The van der Waals surface area contributed by atoms with Crippen molar-refractivity contribution in [2.24, 2.45) is 29.1 Å². The first-order valence-corrected chi connectivity index (χ1v) is 6.65. The van der Waals surface area contributed by atoms with Crippen LogP contribution in [0.25, 0.3) is 0 Å². The van der Waals surface area contributed by atoms with Crippen molar-refractivity contribution in [3.63, 3.8) is 0 Å². The van der Waals surface area contributed by atoms with Crippen molar-refractivity contribution < 1.29 is 19.8 Å². The van der Waals surface area contributed by atoms with Crippen LogP contribution in [0, 0.1) is 29.1 Å². The van der Waals surface area contributed by atoms with Crippen LogP contribution in [-0.4, -0.2) is 35.2 Å². The molecule has 0 heterocycles. The van der Waals surface area contributed by atoms with E-state index >= 15 is 0 Å². The van der Waals surface area contributed by atoms with Gasteiger partial charge in [-0.25, -0.2) is 0 Å². The summed E-state index contributed by atoms with van der Waals surface area (Å²) in [5.74, 6) is -2.13. The van der Waals surface area contributed by atoms with Crippen molar-refractivity contribution in [1.82, 2.24) is 5.32 Å². The van der Waals surface area contributed by atoms with E-state index in [9.17, 15) is 14.7 Å². The molecule has 2 unspecified atom stereocenters. The standard InChI is InChI=1S/C14H21NO4/c1-14(2,7-16)6-15-12(17)10-8-3-4-9(5-8)11(10)13(18)19/h3-4,8-11,16H,5-7H2,1-2H3,(H,15,17)(H,18,19)/t8?,9?,10-,11+/m0/s1. The van der Waals surface area contributed by atoms with Crippen molar-refractivity contribution in [3.05, 3.63) is 12.2 Å². The number of allylic oxidation sites excluding steroid dienone is 2. The highest BCUT2D eigenvalue weighted by Crippen LogP contribution is 2.48. The summed E-state index contributed by atoms with van der Waals surface area (Å²) < 4.78 is 0. The Bertz CT molecular complexity index is 416. The lowest BCUT2D eigenvalue weighted by Gasteiger charge is -2.27. The van der Waals surface area contributed by atoms with Crippen LogP contribution in [0.15, 0.2) is 12.2 Å². The zero-order valence-electron chi connectivity index (χ0n) is 11.3. The van der Waals surface area contributed by atoms with Gasteiger partial charge < -0.3 is 15.5 Å². The smallest absolute Gasteiger partial charge is 0.307 e. The van der Waals surface area contributed by atoms with E-state index in [0.717, 1.165) is 6.42 Å². The molecule has 0 radical (unpaired) electrons. The van der Waals surface area contributed by atoms with Crippen molar-refractivity contribution in [1.29, 1.82) is 0 Å². The molecule has 2 rings (SSSR count). The van der Waals surface area contributed by atoms with Gasteiger partial charge in [0, 0.05) is 18.6 Å². The summed E-state index contributed by atoms with van der Waals surface area (Å²) >= 11 is 0. The Morgan fingerprint density at radius 2 is 1.84 bits per heavy atom. The summed E-state index contributed by atoms with van der Waals surface area (Å²) in [7, 11) is 0. The van der Waals surface area contributed by atoms with Gasteiger partial charge in [-0.15, -0.1) is 0 Å². The zero-order valence-corrected chi connectivity index (χ0v) is 11.3. The lowest BCUT2D eigenvalue weighted by atomic mass is 9.82. The van der Waals surface area contributed by atoms with Crippen LogP contribution < -0.4 is 5.32 Å². The van der Waals surface area contributed by atoms with Gasteiger partial charge in [0.1, 0.15) is 0 Å². The second kappa shape index (κ2) is 4.96. The minimum atomic E-state index is -0.890. The van der Waals surface area contributed by atoms with E-state index in [4.69, 9.17) is 5.11 Å². The molecule has 3 N–H and O–H groups in total. The van der Waals surface area contributed by atoms with E-state index in [-0.39, 0.29) is 29.8 Å². The first-order chi connectivity index (χ1) is 8.85. The van der Waals surface area contributed by atoms with E-state index in [1.165, 1.54) is 0 Å². The third-order valence-electron chi connectivity index (χ3n) is 4.22. The maximum Gasteiger partial charge on any atom is 0.307 e. The molecule has 5 heteroatoms. The largest absolute Gasteiger partial charge is 0.481 e. The number of carbonyl (C=O) groups excluding carboxylic acids is 1. The zero-order chi connectivity index (χ0) is 14.2. The fourth-order valence-electron chi connectivity index (χ4n) is 3.02. The molecule has 0 aromatic rings. The molecule has 1 amide bonds. The molecule has 2 aliphatic carbocycles. The molecule has 19 heavy (non-hydrogen) atoms. The molecule has 0 saturated heterocycles. The first kappa shape index (κ1) is 14.1. The second-order valence-corrected chi connectivity index (χ2v) is 6.38. The van der Waals surface area contributed by atoms with E-state index in [1.807, 2.05) is 26.0 Å². The summed E-state index contributed by atoms with van der Waals surface area (Å²) in [6.45, 7) is 4.03. The minimum Gasteiger partial charge on any atom is -0.481 e. The molecule has 0 spiro atoms. The molecule has 2 bridgehead atoms. The lowest BCUT2D eigenvalue weighted by molar-refractivity contribution is -0.147. The molecule has 0 aromatic carbocycles. The highest BCUT2D eigenvalue weighted by Gasteiger charge is 2.51. The Labute approximate surface area is 112 Å². The Kier molecular flexibility index (Phi) is 3.67. The Balaban J connectivity index is 2.02. The third-order valence-corrected chi connectivity index (χ3v) is 4.22. The van der Waals surface area contributed by atoms with Crippen LogP contribution in [0.3, 0.4) is 0 Å². The SMILES string of the molecule is CC(C)(CO)CNC(=O)[C@H]1C2C=CC(C2)[C@H]1C(=O)O. The molecule has 5 nitrogen and oxygen atoms in total. The quantitative estimate of drug-likeness (QED) is 0.638. The number of hydrogen-bond donors (Lipinski definition) is 3. The van der Waals surface area contributed by atoms with Gasteiger partial charge in [-0.3, -0.25) is 9.59 Å². The second-order valence-electron chi connectivity index (χ2n) is 6.38. The average Bonchev–Trinajstić information content (AvgIpc) is 2.95. The van der Waals surface area contributed by atoms with Gasteiger partial charge in [0.15, 0.2) is 0 Å². The number of aliphatic hydroxyl groups excluding tert-OH is 1. The summed E-state index contributed by atoms with van der Waals surface area (Å²) in [4.78, 5) is 23.5. The third kappa shape index (κ3) is 2.66. The number of nitrogens with one attached hydrogen (secondary N) is 1. The van der Waals surface area contributed by atoms with Crippen LogP contribution in [0.5, 0.6) is 0 Å². The van der Waals surface area contributed by atoms with E-state index in [2.05, 4.69) is 5.32 Å². The molecular weight excluding hydrogens is 246 g/mol. The van der Waals surface area contributed by atoms with Crippen LogP contribution in [0.1, 0.15) is 20.3 Å². The Morgan fingerprint density at radius 1 is 1.26 bits per heavy atom. The van der Waals surface area contributed by atoms with Gasteiger partial charge in [-0.05, 0) is 18.3 Å². The average molecular weight is 267 g/mol. The number of carbonyl (C=O) groups is 2. The van der Waals surface area contributed by atoms with E-state index in [1.54, 1.807) is 0 Å². The van der Waals surface area contributed by atoms with Gasteiger partial charge >= 0.3 is 5.97 Å². The van der Waals surface area contributed by atoms with Gasteiger partial charge in [0.2, 0.25) is 5.91 Å². The Hall–Kier alpha value is -1.36. The summed E-state index contributed by atoms with van der Waals surface area (Å²) in [5.41, 5.74) is -0.387. The van der Waals surface area contributed by atoms with Gasteiger partial charge in [-0.1, -0.05) is 26.0 Å². The number of rotatable bonds is 5. The Morgan fingerprint density at radius 3 is 2.37 bits per heavy atom. The minimum absolute atomic E-state index is 0.0101. The van der Waals surface area contributed by atoms with Crippen molar-refractivity contribution >= 4 is 11.9 Å². The predicted molar refractivity (Wildman–Crippen MR) is 69.2 cm³/mol. The van der Waals surface area contributed by atoms with Crippen LogP contribution >= 0.6 is 0 Å². The highest BCUT2D eigenvalue weighted by molar-refractivity contribution is 5.86. The van der Waals surface area contributed by atoms with Gasteiger partial charge in [0.25, 0.3) is 0 Å². The molecule has 1 fully saturated rings. The number of fused-ring (bicyclic) bond motifs is 2. The normalized spacial score (nSPS) is 32.6. The fourth-order valence-corrected chi connectivity index (χ4v) is 3.02. The highest BCUT2D eigenvalue weighted by atomic mass is 16.4. The van der Waals surface area contributed by atoms with Gasteiger partial charge in [-0.2, -0.15) is 0 Å². The monoisotopic (exact) mass is 267 g/mol. The molecule has 2 aliphatic rings. The summed E-state index contributed by atoms with van der Waals surface area (Å²) in [6.07, 6.45) is 4.65. The van der Waals surface area contributed by atoms with Crippen LogP contribution in [0.2, 0.25) is 0 Å². The molecule has 0 aliphatic heterocycles. The maximum atomic E-state index is 12.2. The van der Waals surface area contributed by atoms with Crippen molar-refractivity contribution in [3.8, 4) is 0 Å². The number of carboxylic acid groups (broad SMARTS) is 1. The number of aliphatic carboxylic acids is 1. The molecule has 0 aromatic heterocycles. The lowest BCUT2D eigenvalue weighted by Crippen LogP contribution is -2.44. The molecule has 106 valence electrons. The molecule has 4 atom stereocenters.